The van der Waals surface area contributed by atoms with Crippen LogP contribution >= 0.6 is 0 Å². The summed E-state index contributed by atoms with van der Waals surface area (Å²) in [4.78, 5) is 26.9. The second kappa shape index (κ2) is 7.71. The minimum atomic E-state index is -3.50. The van der Waals surface area contributed by atoms with E-state index in [9.17, 15) is 18.0 Å². The van der Waals surface area contributed by atoms with Crippen molar-refractivity contribution < 1.29 is 18.0 Å². The van der Waals surface area contributed by atoms with Gasteiger partial charge in [0.1, 0.15) is 6.04 Å². The first kappa shape index (κ1) is 20.6. The van der Waals surface area contributed by atoms with Gasteiger partial charge in [0.15, 0.2) is 0 Å². The second-order valence-electron chi connectivity index (χ2n) is 8.44. The molecule has 1 aromatic rings. The molecule has 1 heterocycles. The maximum Gasteiger partial charge on any atom is 0.261 e. The number of nitrogens with zero attached hydrogens (tertiary/aromatic N) is 1. The number of benzene rings is 1. The molecule has 0 radical (unpaired) electrons. The number of hydrogen-bond donors (Lipinski definition) is 3. The third-order valence-electron chi connectivity index (χ3n) is 4.85. The summed E-state index contributed by atoms with van der Waals surface area (Å²) < 4.78 is 27.0. The van der Waals surface area contributed by atoms with E-state index in [1.54, 1.807) is 17.0 Å². The van der Waals surface area contributed by atoms with Crippen LogP contribution in [0.15, 0.2) is 29.2 Å². The number of likely N-dealkylation sites (tertiary alicyclic amines) is 1. The fourth-order valence-corrected chi connectivity index (χ4v) is 4.44. The van der Waals surface area contributed by atoms with Crippen molar-refractivity contribution in [2.45, 2.75) is 63.4 Å². The van der Waals surface area contributed by atoms with Crippen molar-refractivity contribution in [2.75, 3.05) is 12.0 Å². The fraction of sp³-hybridized carbons (Fsp3) is 0.579. The van der Waals surface area contributed by atoms with Crippen LogP contribution in [0, 0.1) is 5.41 Å². The van der Waals surface area contributed by atoms with Crippen molar-refractivity contribution >= 4 is 27.5 Å². The quantitative estimate of drug-likeness (QED) is 0.620. The molecule has 2 amide bonds. The van der Waals surface area contributed by atoms with Gasteiger partial charge < -0.3 is 4.90 Å². The molecule has 1 unspecified atom stereocenters. The molecular formula is C19H28N4O4S. The molecule has 1 aliphatic carbocycles. The van der Waals surface area contributed by atoms with E-state index in [0.717, 1.165) is 19.3 Å². The third kappa shape index (κ3) is 4.82. The molecule has 154 valence electrons. The largest absolute Gasteiger partial charge is 0.330 e. The van der Waals surface area contributed by atoms with Crippen LogP contribution in [0.5, 0.6) is 0 Å². The lowest BCUT2D eigenvalue weighted by molar-refractivity contribution is -0.144. The summed E-state index contributed by atoms with van der Waals surface area (Å²) in [6.45, 7) is 6.10. The van der Waals surface area contributed by atoms with Gasteiger partial charge in [-0.2, -0.15) is 0 Å². The predicted molar refractivity (Wildman–Crippen MR) is 106 cm³/mol. The van der Waals surface area contributed by atoms with E-state index in [0.29, 0.717) is 18.7 Å². The molecule has 1 aromatic carbocycles. The molecule has 9 heteroatoms. The Balaban J connectivity index is 1.57. The van der Waals surface area contributed by atoms with Gasteiger partial charge in [-0.15, -0.1) is 0 Å². The number of carbonyl (C=O) groups excluding carboxylic acids is 2. The van der Waals surface area contributed by atoms with E-state index in [2.05, 4.69) is 15.6 Å². The minimum Gasteiger partial charge on any atom is -0.330 e. The number of rotatable bonds is 6. The summed E-state index contributed by atoms with van der Waals surface area (Å²) in [6.07, 6.45) is 3.17. The van der Waals surface area contributed by atoms with Crippen LogP contribution in [-0.2, 0) is 19.6 Å². The number of hydrogen-bond acceptors (Lipinski definition) is 5. The molecule has 28 heavy (non-hydrogen) atoms. The SMILES string of the molecule is CC(C)(C)C(=O)N1CCCC1C(=O)NNc1ccc(S(=O)(=O)NC2CC2)cc1. The Labute approximate surface area is 166 Å². The zero-order valence-corrected chi connectivity index (χ0v) is 17.3. The van der Waals surface area contributed by atoms with E-state index in [1.165, 1.54) is 12.1 Å². The van der Waals surface area contributed by atoms with Crippen LogP contribution in [0.25, 0.3) is 0 Å². The number of sulfonamides is 1. The maximum atomic E-state index is 12.5. The summed E-state index contributed by atoms with van der Waals surface area (Å²) in [5, 5.41) is 0. The van der Waals surface area contributed by atoms with Gasteiger partial charge in [-0.25, -0.2) is 13.1 Å². The van der Waals surface area contributed by atoms with Crippen molar-refractivity contribution in [1.82, 2.24) is 15.0 Å². The molecule has 0 spiro atoms. The molecular weight excluding hydrogens is 380 g/mol. The third-order valence-corrected chi connectivity index (χ3v) is 6.39. The summed E-state index contributed by atoms with van der Waals surface area (Å²) >= 11 is 0. The average molecular weight is 409 g/mol. The normalized spacial score (nSPS) is 20.1. The highest BCUT2D eigenvalue weighted by atomic mass is 32.2. The van der Waals surface area contributed by atoms with Crippen LogP contribution in [0.1, 0.15) is 46.5 Å². The molecule has 0 aromatic heterocycles. The van der Waals surface area contributed by atoms with Crippen molar-refractivity contribution in [1.29, 1.82) is 0 Å². The number of hydrazine groups is 1. The molecule has 2 fully saturated rings. The molecule has 1 aliphatic heterocycles. The first-order valence-electron chi connectivity index (χ1n) is 9.57. The Bertz CT molecular complexity index is 842. The highest BCUT2D eigenvalue weighted by Gasteiger charge is 2.38. The Kier molecular flexibility index (Phi) is 5.67. The molecule has 2 aliphatic rings. The van der Waals surface area contributed by atoms with Crippen LogP contribution in [0.3, 0.4) is 0 Å². The molecule has 0 bridgehead atoms. The highest BCUT2D eigenvalue weighted by Crippen LogP contribution is 2.26. The van der Waals surface area contributed by atoms with E-state index in [-0.39, 0.29) is 22.8 Å². The fourth-order valence-electron chi connectivity index (χ4n) is 3.14. The lowest BCUT2D eigenvalue weighted by atomic mass is 9.94. The first-order chi connectivity index (χ1) is 13.1. The molecule has 1 atom stereocenters. The zero-order valence-electron chi connectivity index (χ0n) is 16.5. The van der Waals surface area contributed by atoms with Gasteiger partial charge in [-0.3, -0.25) is 20.4 Å². The smallest absolute Gasteiger partial charge is 0.261 e. The molecule has 8 nitrogen and oxygen atoms in total. The first-order valence-corrected chi connectivity index (χ1v) is 11.1. The summed E-state index contributed by atoms with van der Waals surface area (Å²) in [7, 11) is -3.50. The van der Waals surface area contributed by atoms with Gasteiger partial charge >= 0.3 is 0 Å². The lowest BCUT2D eigenvalue weighted by Crippen LogP contribution is -2.50. The predicted octanol–water partition coefficient (Wildman–Crippen LogP) is 1.61. The number of carbonyl (C=O) groups is 2. The Morgan fingerprint density at radius 1 is 1.07 bits per heavy atom. The minimum absolute atomic E-state index is 0.0390. The van der Waals surface area contributed by atoms with Gasteiger partial charge in [0.2, 0.25) is 15.9 Å². The summed E-state index contributed by atoms with van der Waals surface area (Å²) in [6, 6.07) is 5.71. The number of anilines is 1. The summed E-state index contributed by atoms with van der Waals surface area (Å²) in [5.41, 5.74) is 5.45. The number of nitrogens with one attached hydrogen (secondary N) is 3. The lowest BCUT2D eigenvalue weighted by Gasteiger charge is -2.30. The van der Waals surface area contributed by atoms with Crippen LogP contribution in [-0.4, -0.2) is 43.8 Å². The van der Waals surface area contributed by atoms with E-state index < -0.39 is 21.5 Å². The topological polar surface area (TPSA) is 108 Å². The molecule has 3 N–H and O–H groups in total. The van der Waals surface area contributed by atoms with Gasteiger partial charge in [0.25, 0.3) is 5.91 Å². The van der Waals surface area contributed by atoms with Crippen LogP contribution in [0.4, 0.5) is 5.69 Å². The monoisotopic (exact) mass is 408 g/mol. The van der Waals surface area contributed by atoms with Crippen molar-refractivity contribution in [3.63, 3.8) is 0 Å². The highest BCUT2D eigenvalue weighted by molar-refractivity contribution is 7.89. The average Bonchev–Trinajstić information content (AvgIpc) is 3.29. The van der Waals surface area contributed by atoms with Crippen molar-refractivity contribution in [3.05, 3.63) is 24.3 Å². The van der Waals surface area contributed by atoms with Gasteiger partial charge in [-0.1, -0.05) is 20.8 Å². The maximum absolute atomic E-state index is 12.5. The van der Waals surface area contributed by atoms with Gasteiger partial charge in [0.05, 0.1) is 10.6 Å². The van der Waals surface area contributed by atoms with Crippen molar-refractivity contribution in [3.8, 4) is 0 Å². The molecule has 1 saturated carbocycles. The Hall–Kier alpha value is -2.13. The Morgan fingerprint density at radius 3 is 2.29 bits per heavy atom. The van der Waals surface area contributed by atoms with Crippen molar-refractivity contribution in [2.24, 2.45) is 5.41 Å². The van der Waals surface area contributed by atoms with Gasteiger partial charge in [0, 0.05) is 18.0 Å². The van der Waals surface area contributed by atoms with E-state index in [4.69, 9.17) is 0 Å². The standard InChI is InChI=1S/C19H28N4O4S/c1-19(2,3)18(25)23-12-4-5-16(23)17(24)21-20-13-8-10-15(11-9-13)28(26,27)22-14-6-7-14/h8-11,14,16,20,22H,4-7,12H2,1-3H3,(H,21,24). The molecule has 3 rings (SSSR count). The summed E-state index contributed by atoms with van der Waals surface area (Å²) in [5.74, 6) is -0.315. The second-order valence-corrected chi connectivity index (χ2v) is 10.2. The Morgan fingerprint density at radius 2 is 1.71 bits per heavy atom. The van der Waals surface area contributed by atoms with Crippen LogP contribution in [0.2, 0.25) is 0 Å². The van der Waals surface area contributed by atoms with E-state index in [1.807, 2.05) is 20.8 Å². The molecule has 1 saturated heterocycles. The van der Waals surface area contributed by atoms with Crippen LogP contribution < -0.4 is 15.6 Å². The van der Waals surface area contributed by atoms with Gasteiger partial charge in [-0.05, 0) is 49.9 Å². The van der Waals surface area contributed by atoms with E-state index >= 15 is 0 Å². The number of amides is 2. The zero-order chi connectivity index (χ0) is 20.5.